The molecule has 2 aliphatic rings. The van der Waals surface area contributed by atoms with Gasteiger partial charge < -0.3 is 15.7 Å². The molecule has 5 nitrogen and oxygen atoms in total. The SMILES string of the molecule is CC1(NC(=O)NC2CCCCC2C(=O)O)CC1. The van der Waals surface area contributed by atoms with Crippen molar-refractivity contribution in [3.8, 4) is 0 Å². The molecular formula is C12H20N2O3. The van der Waals surface area contributed by atoms with Crippen LogP contribution in [0, 0.1) is 5.92 Å². The molecule has 0 heterocycles. The highest BCUT2D eigenvalue weighted by Gasteiger charge is 2.40. The molecular weight excluding hydrogens is 220 g/mol. The summed E-state index contributed by atoms with van der Waals surface area (Å²) in [5.41, 5.74) is -0.0581. The maximum absolute atomic E-state index is 11.7. The summed E-state index contributed by atoms with van der Waals surface area (Å²) in [6.45, 7) is 2.00. The molecule has 96 valence electrons. The van der Waals surface area contributed by atoms with Crippen LogP contribution < -0.4 is 10.6 Å². The molecule has 0 bridgehead atoms. The van der Waals surface area contributed by atoms with E-state index in [0.717, 1.165) is 32.1 Å². The van der Waals surface area contributed by atoms with E-state index in [4.69, 9.17) is 5.11 Å². The summed E-state index contributed by atoms with van der Waals surface area (Å²) >= 11 is 0. The van der Waals surface area contributed by atoms with Crippen molar-refractivity contribution in [2.75, 3.05) is 0 Å². The molecule has 0 saturated heterocycles. The number of urea groups is 1. The van der Waals surface area contributed by atoms with Crippen LogP contribution in [0.2, 0.25) is 0 Å². The summed E-state index contributed by atoms with van der Waals surface area (Å²) in [5.74, 6) is -1.23. The van der Waals surface area contributed by atoms with Gasteiger partial charge in [-0.05, 0) is 32.6 Å². The molecule has 2 saturated carbocycles. The number of carbonyl (C=O) groups is 2. The summed E-state index contributed by atoms with van der Waals surface area (Å²) in [6.07, 6.45) is 5.38. The van der Waals surface area contributed by atoms with Crippen molar-refractivity contribution >= 4 is 12.0 Å². The highest BCUT2D eigenvalue weighted by atomic mass is 16.4. The summed E-state index contributed by atoms with van der Waals surface area (Å²) < 4.78 is 0. The monoisotopic (exact) mass is 240 g/mol. The molecule has 5 heteroatoms. The van der Waals surface area contributed by atoms with E-state index in [-0.39, 0.29) is 17.6 Å². The normalized spacial score (nSPS) is 30.4. The van der Waals surface area contributed by atoms with Crippen molar-refractivity contribution in [3.05, 3.63) is 0 Å². The van der Waals surface area contributed by atoms with Crippen LogP contribution in [0.25, 0.3) is 0 Å². The molecule has 0 aliphatic heterocycles. The number of carboxylic acids is 1. The summed E-state index contributed by atoms with van der Waals surface area (Å²) in [6, 6.07) is -0.438. The van der Waals surface area contributed by atoms with Crippen molar-refractivity contribution < 1.29 is 14.7 Å². The lowest BCUT2D eigenvalue weighted by Crippen LogP contribution is -2.51. The quantitative estimate of drug-likeness (QED) is 0.699. The van der Waals surface area contributed by atoms with Gasteiger partial charge in [-0.3, -0.25) is 4.79 Å². The maximum atomic E-state index is 11.7. The molecule has 2 atom stereocenters. The minimum atomic E-state index is -0.798. The molecule has 0 aromatic heterocycles. The fourth-order valence-electron chi connectivity index (χ4n) is 2.39. The zero-order chi connectivity index (χ0) is 12.5. The van der Waals surface area contributed by atoms with Gasteiger partial charge in [-0.2, -0.15) is 0 Å². The average molecular weight is 240 g/mol. The van der Waals surface area contributed by atoms with E-state index in [1.165, 1.54) is 0 Å². The van der Waals surface area contributed by atoms with Gasteiger partial charge in [0, 0.05) is 11.6 Å². The summed E-state index contributed by atoms with van der Waals surface area (Å²) in [4.78, 5) is 22.8. The topological polar surface area (TPSA) is 78.4 Å². The Hall–Kier alpha value is -1.26. The van der Waals surface area contributed by atoms with E-state index in [2.05, 4.69) is 10.6 Å². The standard InChI is InChI=1S/C12H20N2O3/c1-12(6-7-12)14-11(17)13-9-5-3-2-4-8(9)10(15)16/h8-9H,2-7H2,1H3,(H,15,16)(H2,13,14,17). The van der Waals surface area contributed by atoms with E-state index in [1.54, 1.807) is 0 Å². The molecule has 2 amide bonds. The van der Waals surface area contributed by atoms with Crippen LogP contribution in [0.3, 0.4) is 0 Å². The van der Waals surface area contributed by atoms with Gasteiger partial charge in [0.25, 0.3) is 0 Å². The molecule has 2 aliphatic carbocycles. The molecule has 17 heavy (non-hydrogen) atoms. The van der Waals surface area contributed by atoms with Gasteiger partial charge in [0.05, 0.1) is 5.92 Å². The van der Waals surface area contributed by atoms with E-state index >= 15 is 0 Å². The highest BCUT2D eigenvalue weighted by molar-refractivity contribution is 5.77. The first kappa shape index (κ1) is 12.2. The largest absolute Gasteiger partial charge is 0.481 e. The molecule has 0 spiro atoms. The number of carbonyl (C=O) groups excluding carboxylic acids is 1. The molecule has 0 aromatic carbocycles. The van der Waals surface area contributed by atoms with E-state index < -0.39 is 11.9 Å². The smallest absolute Gasteiger partial charge is 0.315 e. The molecule has 2 unspecified atom stereocenters. The Morgan fingerprint density at radius 3 is 2.47 bits per heavy atom. The zero-order valence-corrected chi connectivity index (χ0v) is 10.2. The molecule has 2 fully saturated rings. The number of hydrogen-bond acceptors (Lipinski definition) is 2. The lowest BCUT2D eigenvalue weighted by atomic mass is 9.84. The van der Waals surface area contributed by atoms with E-state index in [1.807, 2.05) is 6.92 Å². The van der Waals surface area contributed by atoms with Crippen molar-refractivity contribution in [1.82, 2.24) is 10.6 Å². The number of rotatable bonds is 3. The Labute approximate surface area is 101 Å². The van der Waals surface area contributed by atoms with Gasteiger partial charge in [-0.1, -0.05) is 12.8 Å². The van der Waals surface area contributed by atoms with Crippen LogP contribution in [0.4, 0.5) is 4.79 Å². The molecule has 0 radical (unpaired) electrons. The van der Waals surface area contributed by atoms with Crippen molar-refractivity contribution in [2.24, 2.45) is 5.92 Å². The molecule has 2 rings (SSSR count). The lowest BCUT2D eigenvalue weighted by molar-refractivity contribution is -0.143. The van der Waals surface area contributed by atoms with Crippen LogP contribution in [0.5, 0.6) is 0 Å². The number of aliphatic carboxylic acids is 1. The Bertz CT molecular complexity index is 326. The van der Waals surface area contributed by atoms with Gasteiger partial charge in [-0.15, -0.1) is 0 Å². The summed E-state index contributed by atoms with van der Waals surface area (Å²) in [5, 5.41) is 14.8. The Kier molecular flexibility index (Phi) is 3.26. The maximum Gasteiger partial charge on any atom is 0.315 e. The first-order chi connectivity index (χ1) is 8.00. The van der Waals surface area contributed by atoms with Crippen molar-refractivity contribution in [3.63, 3.8) is 0 Å². The van der Waals surface area contributed by atoms with Gasteiger partial charge >= 0.3 is 12.0 Å². The predicted molar refractivity (Wildman–Crippen MR) is 62.7 cm³/mol. The Morgan fingerprint density at radius 1 is 1.24 bits per heavy atom. The van der Waals surface area contributed by atoms with Gasteiger partial charge in [0.15, 0.2) is 0 Å². The minimum absolute atomic E-state index is 0.0581. The van der Waals surface area contributed by atoms with E-state index in [9.17, 15) is 9.59 Å². The third kappa shape index (κ3) is 3.11. The zero-order valence-electron chi connectivity index (χ0n) is 10.2. The second-order valence-electron chi connectivity index (χ2n) is 5.49. The van der Waals surface area contributed by atoms with Crippen LogP contribution in [-0.4, -0.2) is 28.7 Å². The van der Waals surface area contributed by atoms with Crippen molar-refractivity contribution in [2.45, 2.75) is 57.0 Å². The summed E-state index contributed by atoms with van der Waals surface area (Å²) in [7, 11) is 0. The van der Waals surface area contributed by atoms with E-state index in [0.29, 0.717) is 6.42 Å². The number of hydrogen-bond donors (Lipinski definition) is 3. The Morgan fingerprint density at radius 2 is 1.88 bits per heavy atom. The first-order valence-corrected chi connectivity index (χ1v) is 6.32. The highest BCUT2D eigenvalue weighted by Crippen LogP contribution is 2.34. The minimum Gasteiger partial charge on any atom is -0.481 e. The second-order valence-corrected chi connectivity index (χ2v) is 5.49. The lowest BCUT2D eigenvalue weighted by Gasteiger charge is -2.29. The fourth-order valence-corrected chi connectivity index (χ4v) is 2.39. The van der Waals surface area contributed by atoms with Crippen LogP contribution >= 0.6 is 0 Å². The van der Waals surface area contributed by atoms with Gasteiger partial charge in [0.2, 0.25) is 0 Å². The predicted octanol–water partition coefficient (Wildman–Crippen LogP) is 1.48. The van der Waals surface area contributed by atoms with Crippen molar-refractivity contribution in [1.29, 1.82) is 0 Å². The van der Waals surface area contributed by atoms with Crippen LogP contribution in [-0.2, 0) is 4.79 Å². The third-order valence-corrected chi connectivity index (χ3v) is 3.81. The molecule has 3 N–H and O–H groups in total. The third-order valence-electron chi connectivity index (χ3n) is 3.81. The Balaban J connectivity index is 1.86. The first-order valence-electron chi connectivity index (χ1n) is 6.32. The van der Waals surface area contributed by atoms with Gasteiger partial charge in [0.1, 0.15) is 0 Å². The average Bonchev–Trinajstić information content (AvgIpc) is 2.96. The van der Waals surface area contributed by atoms with Crippen LogP contribution in [0.15, 0.2) is 0 Å². The molecule has 0 aromatic rings. The van der Waals surface area contributed by atoms with Gasteiger partial charge in [-0.25, -0.2) is 4.79 Å². The van der Waals surface area contributed by atoms with Crippen LogP contribution in [0.1, 0.15) is 45.4 Å². The number of carboxylic acid groups (broad SMARTS) is 1. The fraction of sp³-hybridized carbons (Fsp3) is 0.833. The number of nitrogens with one attached hydrogen (secondary N) is 2. The second kappa shape index (κ2) is 4.55. The number of amides is 2.